The van der Waals surface area contributed by atoms with Gasteiger partial charge < -0.3 is 9.64 Å². The van der Waals surface area contributed by atoms with E-state index in [1.54, 1.807) is 12.3 Å². The summed E-state index contributed by atoms with van der Waals surface area (Å²) in [6, 6.07) is 3.57. The third-order valence-corrected chi connectivity index (χ3v) is 4.36. The zero-order chi connectivity index (χ0) is 14.9. The number of aromatic nitrogens is 3. The van der Waals surface area contributed by atoms with E-state index in [0.29, 0.717) is 18.1 Å². The summed E-state index contributed by atoms with van der Waals surface area (Å²) in [6.45, 7) is 4.35. The van der Waals surface area contributed by atoms with Crippen molar-refractivity contribution < 1.29 is 9.26 Å². The van der Waals surface area contributed by atoms with Crippen LogP contribution in [0.5, 0.6) is 5.75 Å². The number of rotatable bonds is 6. The topological polar surface area (TPSA) is 84.3 Å². The Bertz CT molecular complexity index is 683. The van der Waals surface area contributed by atoms with Gasteiger partial charge in [-0.25, -0.2) is 9.78 Å². The molecule has 3 heterocycles. The molecule has 1 aliphatic carbocycles. The molecule has 1 saturated carbocycles. The van der Waals surface area contributed by atoms with E-state index in [9.17, 15) is 4.79 Å². The third kappa shape index (κ3) is 2.89. The molecule has 2 fully saturated rings. The van der Waals surface area contributed by atoms with Crippen LogP contribution in [-0.4, -0.2) is 46.3 Å². The number of nitrogens with one attached hydrogen (secondary N) is 1. The van der Waals surface area contributed by atoms with E-state index in [0.717, 1.165) is 30.6 Å². The monoisotopic (exact) mass is 302 g/mol. The normalized spacial score (nSPS) is 23.5. The van der Waals surface area contributed by atoms with Crippen molar-refractivity contribution in [3.05, 3.63) is 28.9 Å². The van der Waals surface area contributed by atoms with Crippen LogP contribution in [0.4, 0.5) is 0 Å². The molecule has 1 aliphatic heterocycles. The average Bonchev–Trinajstić information content (AvgIpc) is 2.94. The van der Waals surface area contributed by atoms with Gasteiger partial charge in [0.15, 0.2) is 0 Å². The molecule has 0 bridgehead atoms. The van der Waals surface area contributed by atoms with Crippen LogP contribution in [-0.2, 0) is 0 Å². The first-order valence-electron chi connectivity index (χ1n) is 7.65. The zero-order valence-corrected chi connectivity index (χ0v) is 12.2. The average molecular weight is 302 g/mol. The maximum absolute atomic E-state index is 10.9. The number of nitrogens with zero attached hydrogens (tertiary/aromatic N) is 3. The van der Waals surface area contributed by atoms with Crippen molar-refractivity contribution >= 4 is 0 Å². The molecular formula is C15H18N4O3. The first-order valence-corrected chi connectivity index (χ1v) is 7.65. The van der Waals surface area contributed by atoms with Crippen molar-refractivity contribution in [1.29, 1.82) is 0 Å². The second-order valence-corrected chi connectivity index (χ2v) is 6.04. The lowest BCUT2D eigenvalue weighted by molar-refractivity contribution is 0.249. The van der Waals surface area contributed by atoms with Crippen LogP contribution >= 0.6 is 0 Å². The number of piperidine rings is 1. The van der Waals surface area contributed by atoms with Crippen molar-refractivity contribution in [2.75, 3.05) is 26.2 Å². The number of aromatic amines is 1. The third-order valence-electron chi connectivity index (χ3n) is 4.36. The predicted molar refractivity (Wildman–Crippen MR) is 78.5 cm³/mol. The minimum absolute atomic E-state index is 0.323. The number of fused-ring (bicyclic) bond motifs is 1. The smallest absolute Gasteiger partial charge is 0.439 e. The molecule has 1 saturated heterocycles. The highest BCUT2D eigenvalue weighted by Crippen LogP contribution is 2.44. The second-order valence-electron chi connectivity index (χ2n) is 6.04. The van der Waals surface area contributed by atoms with Crippen molar-refractivity contribution in [1.82, 2.24) is 20.0 Å². The number of pyridine rings is 1. The lowest BCUT2D eigenvalue weighted by atomic mass is 10.3. The lowest BCUT2D eigenvalue weighted by Gasteiger charge is -2.17. The summed E-state index contributed by atoms with van der Waals surface area (Å²) in [5.41, 5.74) is 0.550. The van der Waals surface area contributed by atoms with Crippen LogP contribution in [0.2, 0.25) is 0 Å². The van der Waals surface area contributed by atoms with E-state index < -0.39 is 5.76 Å². The molecule has 1 N–H and O–H groups in total. The summed E-state index contributed by atoms with van der Waals surface area (Å²) in [7, 11) is 0. The first-order chi connectivity index (χ1) is 10.8. The molecule has 4 rings (SSSR count). The fraction of sp³-hybridized carbons (Fsp3) is 0.533. The molecule has 116 valence electrons. The Labute approximate surface area is 127 Å². The SMILES string of the molecule is O=c1[nH]c(-c2ccc(OCCCN3CC4CC4C3)cn2)no1. The Hall–Kier alpha value is -2.15. The highest BCUT2D eigenvalue weighted by atomic mass is 16.5. The molecule has 2 unspecified atom stereocenters. The fourth-order valence-corrected chi connectivity index (χ4v) is 3.10. The van der Waals surface area contributed by atoms with Gasteiger partial charge in [0.25, 0.3) is 0 Å². The predicted octanol–water partition coefficient (Wildman–Crippen LogP) is 1.15. The molecule has 7 nitrogen and oxygen atoms in total. The Morgan fingerprint density at radius 3 is 2.91 bits per heavy atom. The summed E-state index contributed by atoms with van der Waals surface area (Å²) in [6.07, 6.45) is 4.10. The lowest BCUT2D eigenvalue weighted by Crippen LogP contribution is -2.25. The molecule has 0 amide bonds. The van der Waals surface area contributed by atoms with E-state index in [2.05, 4.69) is 24.5 Å². The van der Waals surface area contributed by atoms with Crippen LogP contribution in [0.1, 0.15) is 12.8 Å². The van der Waals surface area contributed by atoms with Gasteiger partial charge in [0.05, 0.1) is 12.8 Å². The molecule has 7 heteroatoms. The van der Waals surface area contributed by atoms with E-state index in [1.165, 1.54) is 19.5 Å². The van der Waals surface area contributed by atoms with Crippen molar-refractivity contribution in [2.45, 2.75) is 12.8 Å². The van der Waals surface area contributed by atoms with Gasteiger partial charge in [-0.05, 0) is 36.8 Å². The highest BCUT2D eigenvalue weighted by Gasteiger charge is 2.44. The summed E-state index contributed by atoms with van der Waals surface area (Å²) in [5, 5.41) is 3.59. The summed E-state index contributed by atoms with van der Waals surface area (Å²) in [4.78, 5) is 20.1. The summed E-state index contributed by atoms with van der Waals surface area (Å²) in [5.74, 6) is 2.43. The molecule has 2 aromatic heterocycles. The van der Waals surface area contributed by atoms with Crippen LogP contribution in [0, 0.1) is 11.8 Å². The molecule has 0 spiro atoms. The second kappa shape index (κ2) is 5.57. The quantitative estimate of drug-likeness (QED) is 0.806. The summed E-state index contributed by atoms with van der Waals surface area (Å²) < 4.78 is 10.1. The molecule has 2 aromatic rings. The van der Waals surface area contributed by atoms with Crippen molar-refractivity contribution in [3.8, 4) is 17.3 Å². The molecule has 2 aliphatic rings. The van der Waals surface area contributed by atoms with Crippen LogP contribution in [0.3, 0.4) is 0 Å². The molecule has 22 heavy (non-hydrogen) atoms. The van der Waals surface area contributed by atoms with Gasteiger partial charge in [0.1, 0.15) is 11.4 Å². The van der Waals surface area contributed by atoms with Gasteiger partial charge in [-0.2, -0.15) is 0 Å². The van der Waals surface area contributed by atoms with E-state index >= 15 is 0 Å². The molecule has 0 radical (unpaired) electrons. The maximum atomic E-state index is 10.9. The number of H-pyrrole nitrogens is 1. The Balaban J connectivity index is 1.24. The van der Waals surface area contributed by atoms with Crippen molar-refractivity contribution in [2.24, 2.45) is 11.8 Å². The number of likely N-dealkylation sites (tertiary alicyclic amines) is 1. The van der Waals surface area contributed by atoms with Gasteiger partial charge in [-0.1, -0.05) is 5.16 Å². The molecular weight excluding hydrogens is 284 g/mol. The summed E-state index contributed by atoms with van der Waals surface area (Å²) >= 11 is 0. The maximum Gasteiger partial charge on any atom is 0.439 e. The van der Waals surface area contributed by atoms with E-state index in [1.807, 2.05) is 6.07 Å². The highest BCUT2D eigenvalue weighted by molar-refractivity contribution is 5.48. The van der Waals surface area contributed by atoms with E-state index in [4.69, 9.17) is 4.74 Å². The van der Waals surface area contributed by atoms with Crippen molar-refractivity contribution in [3.63, 3.8) is 0 Å². The van der Waals surface area contributed by atoms with Crippen LogP contribution < -0.4 is 10.5 Å². The largest absolute Gasteiger partial charge is 0.492 e. The van der Waals surface area contributed by atoms with Gasteiger partial charge >= 0.3 is 5.76 Å². The molecule has 0 aromatic carbocycles. The van der Waals surface area contributed by atoms with Gasteiger partial charge in [0.2, 0.25) is 5.82 Å². The Morgan fingerprint density at radius 2 is 2.23 bits per heavy atom. The standard InChI is InChI=1S/C15H18N4O3/c20-15-17-14(18-22-15)13-3-2-12(7-16-13)21-5-1-4-19-8-10-6-11(10)9-19/h2-3,7,10-11H,1,4-6,8-9H2,(H,17,18,20). The van der Waals surface area contributed by atoms with Gasteiger partial charge in [-0.15, -0.1) is 0 Å². The van der Waals surface area contributed by atoms with Gasteiger partial charge in [0, 0.05) is 19.6 Å². The number of hydrogen-bond acceptors (Lipinski definition) is 6. The van der Waals surface area contributed by atoms with E-state index in [-0.39, 0.29) is 0 Å². The first kappa shape index (κ1) is 13.5. The number of hydrogen-bond donors (Lipinski definition) is 1. The van der Waals surface area contributed by atoms with Crippen LogP contribution in [0.25, 0.3) is 11.5 Å². The van der Waals surface area contributed by atoms with Crippen LogP contribution in [0.15, 0.2) is 27.6 Å². The Kier molecular flexibility index (Phi) is 3.42. The zero-order valence-electron chi connectivity index (χ0n) is 12.2. The minimum atomic E-state index is -0.586. The number of ether oxygens (including phenoxy) is 1. The Morgan fingerprint density at radius 1 is 1.36 bits per heavy atom. The fourth-order valence-electron chi connectivity index (χ4n) is 3.10. The minimum Gasteiger partial charge on any atom is -0.492 e. The van der Waals surface area contributed by atoms with Gasteiger partial charge in [-0.3, -0.25) is 9.51 Å². The molecule has 2 atom stereocenters.